The molecule has 0 aliphatic carbocycles. The molecular weight excluding hydrogens is 809 g/mol. The average molecular weight is 866 g/mol. The van der Waals surface area contributed by atoms with E-state index in [1.807, 2.05) is 84.6 Å². The van der Waals surface area contributed by atoms with Crippen LogP contribution in [0.4, 0.5) is 14.0 Å². The van der Waals surface area contributed by atoms with Gasteiger partial charge in [-0.25, -0.2) is 14.0 Å². The molecule has 1 N–H and O–H groups in total. The van der Waals surface area contributed by atoms with E-state index >= 15 is 0 Å². The van der Waals surface area contributed by atoms with Crippen LogP contribution in [0, 0.1) is 11.7 Å². The van der Waals surface area contributed by atoms with Crippen molar-refractivity contribution in [1.29, 1.82) is 0 Å². The van der Waals surface area contributed by atoms with Gasteiger partial charge in [-0.05, 0) is 104 Å². The first-order chi connectivity index (χ1) is 30.2. The van der Waals surface area contributed by atoms with Gasteiger partial charge in [0.15, 0.2) is 0 Å². The van der Waals surface area contributed by atoms with Gasteiger partial charge in [0.1, 0.15) is 30.8 Å². The Hall–Kier alpha value is -5.43. The summed E-state index contributed by atoms with van der Waals surface area (Å²) in [6.07, 6.45) is 4.14. The molecule has 0 bridgehead atoms. The highest BCUT2D eigenvalue weighted by molar-refractivity contribution is 6.30. The van der Waals surface area contributed by atoms with Gasteiger partial charge < -0.3 is 34.2 Å². The number of nitrogens with one attached hydrogen (secondary N) is 1. The molecule has 3 aliphatic rings. The predicted octanol–water partition coefficient (Wildman–Crippen LogP) is 8.20. The van der Waals surface area contributed by atoms with Gasteiger partial charge in [-0.2, -0.15) is 0 Å². The number of piperazine rings is 1. The normalized spacial score (nSPS) is 16.9. The zero-order chi connectivity index (χ0) is 43.3. The molecule has 62 heavy (non-hydrogen) atoms. The summed E-state index contributed by atoms with van der Waals surface area (Å²) >= 11 is 6.54. The van der Waals surface area contributed by atoms with Crippen LogP contribution in [0.3, 0.4) is 0 Å². The molecule has 3 aliphatic heterocycles. The Bertz CT molecular complexity index is 2140. The minimum absolute atomic E-state index is 0.0790. The van der Waals surface area contributed by atoms with E-state index in [9.17, 15) is 18.8 Å². The molecule has 0 unspecified atom stereocenters. The Balaban J connectivity index is 0.943. The highest BCUT2D eigenvalue weighted by Crippen LogP contribution is 2.30. The highest BCUT2D eigenvalue weighted by atomic mass is 35.5. The molecule has 0 spiro atoms. The summed E-state index contributed by atoms with van der Waals surface area (Å²) in [6.45, 7) is 8.51. The summed E-state index contributed by atoms with van der Waals surface area (Å²) in [7, 11) is 0. The van der Waals surface area contributed by atoms with E-state index in [0.29, 0.717) is 75.2 Å². The van der Waals surface area contributed by atoms with Gasteiger partial charge in [0.2, 0.25) is 5.91 Å². The van der Waals surface area contributed by atoms with Crippen LogP contribution >= 0.6 is 11.6 Å². The Morgan fingerprint density at radius 1 is 0.790 bits per heavy atom. The summed E-state index contributed by atoms with van der Waals surface area (Å²) in [5.74, 6) is 0.0375. The molecule has 4 aromatic carbocycles. The van der Waals surface area contributed by atoms with Crippen molar-refractivity contribution in [3.05, 3.63) is 142 Å². The summed E-state index contributed by atoms with van der Waals surface area (Å²) in [6, 6.07) is 29.3. The summed E-state index contributed by atoms with van der Waals surface area (Å²) in [5.41, 5.74) is 5.83. The van der Waals surface area contributed by atoms with Crippen molar-refractivity contribution in [3.8, 4) is 5.75 Å². The van der Waals surface area contributed by atoms with Gasteiger partial charge in [0.25, 0.3) is 0 Å². The smallest absolute Gasteiger partial charge is 0.410 e. The Labute approximate surface area is 369 Å². The van der Waals surface area contributed by atoms with Crippen LogP contribution < -0.4 is 10.1 Å². The maximum absolute atomic E-state index is 14.9. The molecule has 0 saturated carbocycles. The minimum Gasteiger partial charge on any atom is -0.493 e. The number of hydrogen-bond donors (Lipinski definition) is 1. The maximum atomic E-state index is 14.9. The molecule has 3 amide bonds. The second-order valence-electron chi connectivity index (χ2n) is 16.1. The molecule has 0 radical (unpaired) electrons. The minimum atomic E-state index is -0.740. The van der Waals surface area contributed by atoms with E-state index < -0.39 is 12.1 Å². The van der Waals surface area contributed by atoms with Crippen LogP contribution in [0.25, 0.3) is 5.57 Å². The number of ether oxygens (including phenoxy) is 3. The van der Waals surface area contributed by atoms with Gasteiger partial charge in [-0.1, -0.05) is 90.5 Å². The zero-order valence-electron chi connectivity index (χ0n) is 35.5. The lowest BCUT2D eigenvalue weighted by atomic mass is 9.88. The number of piperidine rings is 1. The van der Waals surface area contributed by atoms with Crippen LogP contribution in [-0.4, -0.2) is 109 Å². The molecular formula is C49H57ClFN5O6. The lowest BCUT2D eigenvalue weighted by Crippen LogP contribution is -2.58. The first kappa shape index (κ1) is 44.6. The van der Waals surface area contributed by atoms with Crippen molar-refractivity contribution < 1.29 is 33.0 Å². The van der Waals surface area contributed by atoms with Gasteiger partial charge in [-0.15, -0.1) is 0 Å². The third-order valence-electron chi connectivity index (χ3n) is 12.1. The van der Waals surface area contributed by atoms with E-state index in [1.165, 1.54) is 11.6 Å². The standard InChI is InChI=1S/C49H57ClFN5O6/c1-2-60-45-15-9-14-44(51)43(45)33-54-28-30-55(31-29-54)47(57)46(52-48(58)61-34-36-10-5-3-6-11-36)39-18-23-53(24-19-39)25-20-40-32-41(50)16-17-42(40)38-21-26-56(27-22-38)49(59)62-35-37-12-7-4-8-13-37/h3-17,21,32,39,46H,2,18-20,22-31,33-35H2,1H3,(H,52,58)/t46-/m1/s1. The Kier molecular flexibility index (Phi) is 15.9. The van der Waals surface area contributed by atoms with Crippen LogP contribution in [0.5, 0.6) is 5.75 Å². The fraction of sp³-hybridized carbons (Fsp3) is 0.408. The third-order valence-corrected chi connectivity index (χ3v) is 12.3. The zero-order valence-corrected chi connectivity index (χ0v) is 36.2. The number of amides is 3. The van der Waals surface area contributed by atoms with E-state index in [0.717, 1.165) is 61.2 Å². The summed E-state index contributed by atoms with van der Waals surface area (Å²) in [5, 5.41) is 3.66. The second kappa shape index (κ2) is 22.1. The molecule has 2 fully saturated rings. The van der Waals surface area contributed by atoms with E-state index in [-0.39, 0.29) is 36.9 Å². The lowest BCUT2D eigenvalue weighted by molar-refractivity contribution is -0.137. The Morgan fingerprint density at radius 2 is 1.48 bits per heavy atom. The number of carbonyl (C=O) groups excluding carboxylic acids is 3. The molecule has 3 heterocycles. The number of hydrogen-bond acceptors (Lipinski definition) is 8. The largest absolute Gasteiger partial charge is 0.493 e. The number of likely N-dealkylation sites (tertiary alicyclic amines) is 1. The molecule has 2 saturated heterocycles. The second-order valence-corrected chi connectivity index (χ2v) is 16.6. The fourth-order valence-electron chi connectivity index (χ4n) is 8.56. The number of alkyl carbamates (subject to hydrolysis) is 1. The van der Waals surface area contributed by atoms with Gasteiger partial charge in [-0.3, -0.25) is 9.69 Å². The fourth-order valence-corrected chi connectivity index (χ4v) is 8.76. The van der Waals surface area contributed by atoms with E-state index in [2.05, 4.69) is 27.3 Å². The number of rotatable bonds is 15. The average Bonchev–Trinajstić information content (AvgIpc) is 3.31. The maximum Gasteiger partial charge on any atom is 0.410 e. The van der Waals surface area contributed by atoms with Crippen molar-refractivity contribution in [2.75, 3.05) is 65.5 Å². The molecule has 7 rings (SSSR count). The van der Waals surface area contributed by atoms with Crippen LogP contribution in [0.1, 0.15) is 54.0 Å². The van der Waals surface area contributed by atoms with E-state index in [1.54, 1.807) is 17.0 Å². The quantitative estimate of drug-likeness (QED) is 0.128. The number of carbonyl (C=O) groups is 3. The Morgan fingerprint density at radius 3 is 2.15 bits per heavy atom. The molecule has 4 aromatic rings. The topological polar surface area (TPSA) is 104 Å². The number of halogens is 2. The van der Waals surface area contributed by atoms with Crippen molar-refractivity contribution >= 4 is 35.3 Å². The van der Waals surface area contributed by atoms with Gasteiger partial charge >= 0.3 is 12.2 Å². The third kappa shape index (κ3) is 12.1. The molecule has 0 aromatic heterocycles. The first-order valence-electron chi connectivity index (χ1n) is 21.8. The molecule has 11 nitrogen and oxygen atoms in total. The number of nitrogens with zero attached hydrogens (tertiary/aromatic N) is 4. The number of benzene rings is 4. The monoisotopic (exact) mass is 865 g/mol. The predicted molar refractivity (Wildman–Crippen MR) is 238 cm³/mol. The molecule has 13 heteroatoms. The highest BCUT2D eigenvalue weighted by Gasteiger charge is 2.37. The SMILES string of the molecule is CCOc1cccc(F)c1CN1CCN(C(=O)[C@H](NC(=O)OCc2ccccc2)C2CCN(CCc3cc(Cl)ccc3C3=CCN(C(=O)OCc4ccccc4)CC3)CC2)CC1. The first-order valence-corrected chi connectivity index (χ1v) is 22.2. The van der Waals surface area contributed by atoms with Crippen molar-refractivity contribution in [2.45, 2.75) is 58.4 Å². The van der Waals surface area contributed by atoms with Crippen LogP contribution in [-0.2, 0) is 40.4 Å². The van der Waals surface area contributed by atoms with Crippen molar-refractivity contribution in [2.24, 2.45) is 5.92 Å². The van der Waals surface area contributed by atoms with Gasteiger partial charge in [0.05, 0.1) is 6.61 Å². The van der Waals surface area contributed by atoms with Crippen molar-refractivity contribution in [1.82, 2.24) is 24.9 Å². The van der Waals surface area contributed by atoms with Gasteiger partial charge in [0, 0.05) is 62.9 Å². The van der Waals surface area contributed by atoms with Crippen LogP contribution in [0.15, 0.2) is 103 Å². The summed E-state index contributed by atoms with van der Waals surface area (Å²) < 4.78 is 31.7. The molecule has 1 atom stereocenters. The lowest BCUT2D eigenvalue weighted by Gasteiger charge is -2.40. The van der Waals surface area contributed by atoms with E-state index in [4.69, 9.17) is 25.8 Å². The summed E-state index contributed by atoms with van der Waals surface area (Å²) in [4.78, 5) is 48.5. The van der Waals surface area contributed by atoms with Crippen LogP contribution in [0.2, 0.25) is 5.02 Å². The van der Waals surface area contributed by atoms with Crippen molar-refractivity contribution in [3.63, 3.8) is 0 Å². The molecule has 328 valence electrons.